The van der Waals surface area contributed by atoms with E-state index >= 15 is 0 Å². The van der Waals surface area contributed by atoms with Gasteiger partial charge >= 0.3 is 5.97 Å². The molecule has 3 nitrogen and oxygen atoms in total. The molecule has 25 heavy (non-hydrogen) atoms. The van der Waals surface area contributed by atoms with Crippen LogP contribution in [0.15, 0.2) is 66.7 Å². The molecule has 0 atom stereocenters. The standard InChI is InChI=1S/C20H14F2O3/c21-18-16(10-11-17(19(18)22)20(23)24)14-6-8-15(9-7-14)25-12-13-4-2-1-3-5-13/h1-11H,12H2,(H,23,24). The summed E-state index contributed by atoms with van der Waals surface area (Å²) in [5, 5.41) is 8.82. The average Bonchev–Trinajstić information content (AvgIpc) is 2.63. The van der Waals surface area contributed by atoms with Crippen molar-refractivity contribution in [3.63, 3.8) is 0 Å². The van der Waals surface area contributed by atoms with Crippen molar-refractivity contribution in [1.29, 1.82) is 0 Å². The molecule has 0 fully saturated rings. The number of carboxylic acids is 1. The number of ether oxygens (including phenoxy) is 1. The fourth-order valence-corrected chi connectivity index (χ4v) is 2.41. The second kappa shape index (κ2) is 7.13. The summed E-state index contributed by atoms with van der Waals surface area (Å²) in [6, 6.07) is 18.4. The van der Waals surface area contributed by atoms with E-state index in [1.54, 1.807) is 24.3 Å². The molecule has 0 saturated carbocycles. The van der Waals surface area contributed by atoms with E-state index in [4.69, 9.17) is 9.84 Å². The van der Waals surface area contributed by atoms with Gasteiger partial charge in [0, 0.05) is 5.56 Å². The lowest BCUT2D eigenvalue weighted by Gasteiger charge is -2.09. The summed E-state index contributed by atoms with van der Waals surface area (Å²) < 4.78 is 33.6. The highest BCUT2D eigenvalue weighted by Gasteiger charge is 2.18. The predicted molar refractivity (Wildman–Crippen MR) is 89.5 cm³/mol. The van der Waals surface area contributed by atoms with Crippen LogP contribution in [0, 0.1) is 11.6 Å². The topological polar surface area (TPSA) is 46.5 Å². The minimum Gasteiger partial charge on any atom is -0.489 e. The van der Waals surface area contributed by atoms with Crippen molar-refractivity contribution in [3.05, 3.63) is 89.5 Å². The van der Waals surface area contributed by atoms with E-state index in [9.17, 15) is 13.6 Å². The van der Waals surface area contributed by atoms with Crippen LogP contribution < -0.4 is 4.74 Å². The van der Waals surface area contributed by atoms with Gasteiger partial charge in [-0.05, 0) is 29.3 Å². The molecule has 0 aliphatic rings. The van der Waals surface area contributed by atoms with Crippen molar-refractivity contribution < 1.29 is 23.4 Å². The lowest BCUT2D eigenvalue weighted by Crippen LogP contribution is -2.03. The first-order valence-corrected chi connectivity index (χ1v) is 7.54. The van der Waals surface area contributed by atoms with E-state index in [1.807, 2.05) is 30.3 Å². The average molecular weight is 340 g/mol. The SMILES string of the molecule is O=C(O)c1ccc(-c2ccc(OCc3ccccc3)cc2)c(F)c1F. The van der Waals surface area contributed by atoms with Crippen molar-refractivity contribution in [1.82, 2.24) is 0 Å². The Labute approximate surface area is 143 Å². The molecule has 3 aromatic rings. The van der Waals surface area contributed by atoms with E-state index in [0.717, 1.165) is 11.6 Å². The highest BCUT2D eigenvalue weighted by atomic mass is 19.2. The molecule has 5 heteroatoms. The van der Waals surface area contributed by atoms with Crippen LogP contribution >= 0.6 is 0 Å². The van der Waals surface area contributed by atoms with Crippen LogP contribution in [-0.4, -0.2) is 11.1 Å². The molecular formula is C20H14F2O3. The molecule has 0 amide bonds. The van der Waals surface area contributed by atoms with Gasteiger partial charge in [0.05, 0.1) is 5.56 Å². The molecule has 0 bridgehead atoms. The number of aromatic carboxylic acids is 1. The normalized spacial score (nSPS) is 10.5. The van der Waals surface area contributed by atoms with Crippen LogP contribution in [0.1, 0.15) is 15.9 Å². The Kier molecular flexibility index (Phi) is 4.75. The Morgan fingerprint density at radius 2 is 1.56 bits per heavy atom. The minimum atomic E-state index is -1.51. The fourth-order valence-electron chi connectivity index (χ4n) is 2.41. The molecule has 1 N–H and O–H groups in total. The largest absolute Gasteiger partial charge is 0.489 e. The zero-order valence-electron chi connectivity index (χ0n) is 13.1. The first-order valence-electron chi connectivity index (χ1n) is 7.54. The Bertz CT molecular complexity index is 891. The van der Waals surface area contributed by atoms with Crippen molar-refractivity contribution in [2.45, 2.75) is 6.61 Å². The third-order valence-electron chi connectivity index (χ3n) is 3.73. The molecule has 0 radical (unpaired) electrons. The molecule has 3 aromatic carbocycles. The Morgan fingerprint density at radius 3 is 2.20 bits per heavy atom. The van der Waals surface area contributed by atoms with Crippen LogP contribution in [0.2, 0.25) is 0 Å². The molecule has 3 rings (SSSR count). The van der Waals surface area contributed by atoms with E-state index < -0.39 is 23.2 Å². The van der Waals surface area contributed by atoms with E-state index in [2.05, 4.69) is 0 Å². The maximum absolute atomic E-state index is 14.1. The molecule has 0 spiro atoms. The predicted octanol–water partition coefficient (Wildman–Crippen LogP) is 4.91. The van der Waals surface area contributed by atoms with Crippen molar-refractivity contribution in [2.75, 3.05) is 0 Å². The van der Waals surface area contributed by atoms with Crippen molar-refractivity contribution in [3.8, 4) is 16.9 Å². The maximum Gasteiger partial charge on any atom is 0.338 e. The monoisotopic (exact) mass is 340 g/mol. The smallest absolute Gasteiger partial charge is 0.338 e. The van der Waals surface area contributed by atoms with Gasteiger partial charge in [-0.3, -0.25) is 0 Å². The summed E-state index contributed by atoms with van der Waals surface area (Å²) in [5.41, 5.74) is 0.755. The van der Waals surface area contributed by atoms with Gasteiger partial charge < -0.3 is 9.84 Å². The van der Waals surface area contributed by atoms with E-state index in [-0.39, 0.29) is 5.56 Å². The molecule has 0 aliphatic carbocycles. The number of carbonyl (C=O) groups is 1. The number of rotatable bonds is 5. The highest BCUT2D eigenvalue weighted by Crippen LogP contribution is 2.28. The molecule has 126 valence electrons. The Hall–Kier alpha value is -3.21. The molecule has 0 aliphatic heterocycles. The third kappa shape index (κ3) is 3.66. The van der Waals surface area contributed by atoms with Gasteiger partial charge in [0.1, 0.15) is 12.4 Å². The minimum absolute atomic E-state index is 0.00268. The number of hydrogen-bond acceptors (Lipinski definition) is 2. The molecule has 0 unspecified atom stereocenters. The van der Waals surface area contributed by atoms with Gasteiger partial charge in [0.2, 0.25) is 0 Å². The number of halogens is 2. The quantitative estimate of drug-likeness (QED) is 0.718. The Balaban J connectivity index is 1.78. The first-order chi connectivity index (χ1) is 12.1. The summed E-state index contributed by atoms with van der Waals surface area (Å²) in [6.45, 7) is 0.399. The number of benzene rings is 3. The van der Waals surface area contributed by atoms with Crippen LogP contribution in [0.4, 0.5) is 8.78 Å². The summed E-state index contributed by atoms with van der Waals surface area (Å²) in [4.78, 5) is 10.8. The van der Waals surface area contributed by atoms with Gasteiger partial charge in [0.25, 0.3) is 0 Å². The van der Waals surface area contributed by atoms with Gasteiger partial charge in [-0.2, -0.15) is 0 Å². The summed E-state index contributed by atoms with van der Waals surface area (Å²) >= 11 is 0. The lowest BCUT2D eigenvalue weighted by atomic mass is 10.0. The van der Waals surface area contributed by atoms with Crippen molar-refractivity contribution in [2.24, 2.45) is 0 Å². The third-order valence-corrected chi connectivity index (χ3v) is 3.73. The number of hydrogen-bond donors (Lipinski definition) is 1. The number of carboxylic acid groups (broad SMARTS) is 1. The van der Waals surface area contributed by atoms with Crippen LogP contribution in [-0.2, 0) is 6.61 Å². The van der Waals surface area contributed by atoms with Crippen molar-refractivity contribution >= 4 is 5.97 Å². The molecular weight excluding hydrogens is 326 g/mol. The summed E-state index contributed by atoms with van der Waals surface area (Å²) in [6.07, 6.45) is 0. The molecule has 0 saturated heterocycles. The van der Waals surface area contributed by atoms with Gasteiger partial charge in [-0.1, -0.05) is 48.5 Å². The zero-order valence-corrected chi connectivity index (χ0v) is 13.1. The molecule has 0 heterocycles. The van der Waals surface area contributed by atoms with Gasteiger partial charge in [-0.25, -0.2) is 13.6 Å². The van der Waals surface area contributed by atoms with Crippen LogP contribution in [0.3, 0.4) is 0 Å². The highest BCUT2D eigenvalue weighted by molar-refractivity contribution is 5.88. The van der Waals surface area contributed by atoms with Crippen LogP contribution in [0.25, 0.3) is 11.1 Å². The van der Waals surface area contributed by atoms with E-state index in [0.29, 0.717) is 17.9 Å². The summed E-state index contributed by atoms with van der Waals surface area (Å²) in [7, 11) is 0. The lowest BCUT2D eigenvalue weighted by molar-refractivity contribution is 0.0690. The second-order valence-corrected chi connectivity index (χ2v) is 5.39. The van der Waals surface area contributed by atoms with Gasteiger partial charge in [0.15, 0.2) is 11.6 Å². The van der Waals surface area contributed by atoms with E-state index in [1.165, 1.54) is 6.07 Å². The summed E-state index contributed by atoms with van der Waals surface area (Å²) in [5.74, 6) is -3.46. The second-order valence-electron chi connectivity index (χ2n) is 5.39. The maximum atomic E-state index is 14.1. The van der Waals surface area contributed by atoms with Crippen LogP contribution in [0.5, 0.6) is 5.75 Å². The zero-order chi connectivity index (χ0) is 17.8. The molecule has 0 aromatic heterocycles. The first kappa shape index (κ1) is 16.6. The fraction of sp³-hybridized carbons (Fsp3) is 0.0500. The Morgan fingerprint density at radius 1 is 0.880 bits per heavy atom. The van der Waals surface area contributed by atoms with Gasteiger partial charge in [-0.15, -0.1) is 0 Å².